The van der Waals surface area contributed by atoms with Crippen LogP contribution in [0, 0.1) is 18.6 Å². The summed E-state index contributed by atoms with van der Waals surface area (Å²) in [4.78, 5) is 29.2. The molecule has 3 amide bonds. The first-order valence-corrected chi connectivity index (χ1v) is 10.9. The summed E-state index contributed by atoms with van der Waals surface area (Å²) >= 11 is 0. The summed E-state index contributed by atoms with van der Waals surface area (Å²) in [7, 11) is 1.51. The van der Waals surface area contributed by atoms with Gasteiger partial charge in [-0.3, -0.25) is 9.69 Å². The lowest BCUT2D eigenvalue weighted by molar-refractivity contribution is 0.102. The van der Waals surface area contributed by atoms with Crippen LogP contribution in [0.2, 0.25) is 0 Å². The molecule has 0 radical (unpaired) electrons. The molecule has 176 valence electrons. The second-order valence-electron chi connectivity index (χ2n) is 8.11. The molecule has 0 atom stereocenters. The Morgan fingerprint density at radius 2 is 1.82 bits per heavy atom. The van der Waals surface area contributed by atoms with Crippen molar-refractivity contribution in [1.29, 1.82) is 0 Å². The van der Waals surface area contributed by atoms with Crippen LogP contribution in [-0.2, 0) is 6.54 Å². The second kappa shape index (κ2) is 9.91. The first-order chi connectivity index (χ1) is 16.4. The Morgan fingerprint density at radius 3 is 2.56 bits per heavy atom. The third kappa shape index (κ3) is 4.85. The third-order valence-corrected chi connectivity index (χ3v) is 5.79. The molecule has 1 heterocycles. The Labute approximate surface area is 196 Å². The maximum Gasteiger partial charge on any atom is 0.324 e. The number of hydrogen-bond donors (Lipinski definition) is 1. The smallest absolute Gasteiger partial charge is 0.324 e. The van der Waals surface area contributed by atoms with Crippen LogP contribution >= 0.6 is 0 Å². The van der Waals surface area contributed by atoms with Crippen molar-refractivity contribution >= 4 is 23.3 Å². The predicted molar refractivity (Wildman–Crippen MR) is 126 cm³/mol. The van der Waals surface area contributed by atoms with Crippen LogP contribution < -0.4 is 15.0 Å². The maximum absolute atomic E-state index is 13.6. The van der Waals surface area contributed by atoms with Crippen molar-refractivity contribution in [2.75, 3.05) is 30.4 Å². The molecule has 6 nitrogen and oxygen atoms in total. The molecule has 8 heteroatoms. The molecule has 4 rings (SSSR count). The number of nitrogens with zero attached hydrogens (tertiary/aromatic N) is 2. The fraction of sp³-hybridized carbons (Fsp3) is 0.231. The Kier molecular flexibility index (Phi) is 6.77. The van der Waals surface area contributed by atoms with E-state index in [1.54, 1.807) is 40.1 Å². The highest BCUT2D eigenvalue weighted by Gasteiger charge is 2.29. The van der Waals surface area contributed by atoms with E-state index in [0.717, 1.165) is 17.7 Å². The van der Waals surface area contributed by atoms with E-state index in [9.17, 15) is 18.4 Å². The number of amides is 3. The number of carbonyl (C=O) groups is 2. The van der Waals surface area contributed by atoms with E-state index in [2.05, 4.69) is 5.32 Å². The van der Waals surface area contributed by atoms with Crippen LogP contribution in [0.4, 0.5) is 25.0 Å². The monoisotopic (exact) mass is 465 g/mol. The fourth-order valence-corrected chi connectivity index (χ4v) is 4.02. The van der Waals surface area contributed by atoms with E-state index in [-0.39, 0.29) is 18.5 Å². The van der Waals surface area contributed by atoms with Crippen LogP contribution in [0.25, 0.3) is 0 Å². The number of halogens is 2. The summed E-state index contributed by atoms with van der Waals surface area (Å²) in [5, 5.41) is 2.88. The second-order valence-corrected chi connectivity index (χ2v) is 8.11. The average molecular weight is 466 g/mol. The van der Waals surface area contributed by atoms with Gasteiger partial charge >= 0.3 is 6.03 Å². The zero-order valence-corrected chi connectivity index (χ0v) is 19.0. The summed E-state index contributed by atoms with van der Waals surface area (Å²) in [6.45, 7) is 2.96. The van der Waals surface area contributed by atoms with Gasteiger partial charge in [-0.1, -0.05) is 24.3 Å². The molecule has 0 saturated carbocycles. The van der Waals surface area contributed by atoms with E-state index in [4.69, 9.17) is 4.74 Å². The molecule has 1 aliphatic rings. The van der Waals surface area contributed by atoms with Crippen LogP contribution in [0.3, 0.4) is 0 Å². The lowest BCUT2D eigenvalue weighted by Gasteiger charge is -2.36. The summed E-state index contributed by atoms with van der Waals surface area (Å²) in [6.07, 6.45) is 0.679. The molecule has 1 aliphatic heterocycles. The number of anilines is 2. The largest absolute Gasteiger partial charge is 0.495 e. The van der Waals surface area contributed by atoms with Gasteiger partial charge in [0.25, 0.3) is 5.91 Å². The summed E-state index contributed by atoms with van der Waals surface area (Å²) in [5.41, 5.74) is 2.96. The van der Waals surface area contributed by atoms with Gasteiger partial charge in [0.1, 0.15) is 5.75 Å². The molecule has 0 unspecified atom stereocenters. The zero-order chi connectivity index (χ0) is 24.2. The molecule has 0 aromatic heterocycles. The Balaban J connectivity index is 1.57. The summed E-state index contributed by atoms with van der Waals surface area (Å²) in [5.74, 6) is -1.64. The maximum atomic E-state index is 13.6. The van der Waals surface area contributed by atoms with Gasteiger partial charge in [0.2, 0.25) is 0 Å². The van der Waals surface area contributed by atoms with Gasteiger partial charge in [-0.15, -0.1) is 0 Å². The molecule has 1 saturated heterocycles. The minimum atomic E-state index is -0.947. The van der Waals surface area contributed by atoms with Crippen molar-refractivity contribution in [3.05, 3.63) is 89.0 Å². The normalized spacial score (nSPS) is 13.7. The van der Waals surface area contributed by atoms with Crippen molar-refractivity contribution < 1.29 is 23.1 Å². The molecular formula is C26H25F2N3O3. The topological polar surface area (TPSA) is 61.9 Å². The fourth-order valence-electron chi connectivity index (χ4n) is 4.02. The van der Waals surface area contributed by atoms with E-state index in [1.807, 2.05) is 19.1 Å². The lowest BCUT2D eigenvalue weighted by Crippen LogP contribution is -2.49. The van der Waals surface area contributed by atoms with Gasteiger partial charge in [0.15, 0.2) is 11.6 Å². The summed E-state index contributed by atoms with van der Waals surface area (Å²) in [6, 6.07) is 15.7. The number of aryl methyl sites for hydroxylation is 1. The molecular weight excluding hydrogens is 440 g/mol. The third-order valence-electron chi connectivity index (χ3n) is 5.79. The van der Waals surface area contributed by atoms with E-state index < -0.39 is 11.6 Å². The number of nitrogens with one attached hydrogen (secondary N) is 1. The highest BCUT2D eigenvalue weighted by molar-refractivity contribution is 6.06. The average Bonchev–Trinajstić information content (AvgIpc) is 2.83. The molecule has 0 spiro atoms. The van der Waals surface area contributed by atoms with Crippen molar-refractivity contribution in [2.24, 2.45) is 0 Å². The molecule has 1 N–H and O–H groups in total. The predicted octanol–water partition coefficient (Wildman–Crippen LogP) is 5.37. The van der Waals surface area contributed by atoms with Crippen molar-refractivity contribution in [1.82, 2.24) is 4.90 Å². The molecule has 3 aromatic carbocycles. The summed E-state index contributed by atoms with van der Waals surface area (Å²) < 4.78 is 32.4. The van der Waals surface area contributed by atoms with E-state index in [1.165, 1.54) is 13.2 Å². The SMILES string of the molecule is COc1ccc(NC(=O)c2ccccc2C)cc1N1CCCN(Cc2ccc(F)c(F)c2)C1=O. The van der Waals surface area contributed by atoms with Crippen molar-refractivity contribution in [2.45, 2.75) is 19.9 Å². The van der Waals surface area contributed by atoms with E-state index >= 15 is 0 Å². The highest BCUT2D eigenvalue weighted by atomic mass is 19.2. The number of benzene rings is 3. The van der Waals surface area contributed by atoms with Gasteiger partial charge in [-0.05, 0) is 60.9 Å². The number of hydrogen-bond acceptors (Lipinski definition) is 3. The van der Waals surface area contributed by atoms with Crippen molar-refractivity contribution in [3.8, 4) is 5.75 Å². The van der Waals surface area contributed by atoms with Crippen LogP contribution in [0.5, 0.6) is 5.75 Å². The molecule has 0 aliphatic carbocycles. The first-order valence-electron chi connectivity index (χ1n) is 10.9. The number of rotatable bonds is 6. The molecule has 1 fully saturated rings. The lowest BCUT2D eigenvalue weighted by atomic mass is 10.1. The minimum Gasteiger partial charge on any atom is -0.495 e. The Bertz CT molecular complexity index is 1230. The molecule has 3 aromatic rings. The van der Waals surface area contributed by atoms with Gasteiger partial charge in [-0.2, -0.15) is 0 Å². The zero-order valence-electron chi connectivity index (χ0n) is 19.0. The minimum absolute atomic E-state index is 0.151. The van der Waals surface area contributed by atoms with Crippen LogP contribution in [-0.4, -0.2) is 37.0 Å². The Hall–Kier alpha value is -3.94. The van der Waals surface area contributed by atoms with Crippen LogP contribution in [0.15, 0.2) is 60.7 Å². The highest BCUT2D eigenvalue weighted by Crippen LogP contribution is 2.34. The van der Waals surface area contributed by atoms with Gasteiger partial charge < -0.3 is 15.0 Å². The molecule has 34 heavy (non-hydrogen) atoms. The number of urea groups is 1. The molecule has 0 bridgehead atoms. The number of carbonyl (C=O) groups excluding carboxylic acids is 2. The van der Waals surface area contributed by atoms with Gasteiger partial charge in [-0.25, -0.2) is 13.6 Å². The van der Waals surface area contributed by atoms with Crippen LogP contribution in [0.1, 0.15) is 27.9 Å². The van der Waals surface area contributed by atoms with Gasteiger partial charge in [0, 0.05) is 30.9 Å². The standard InChI is InChI=1S/C26H25F2N3O3/c1-17-6-3-4-7-20(17)25(32)29-19-9-11-24(34-2)23(15-19)31-13-5-12-30(26(31)33)16-18-8-10-21(27)22(28)14-18/h3-4,6-11,14-15H,5,12-13,16H2,1-2H3,(H,29,32). The van der Waals surface area contributed by atoms with E-state index in [0.29, 0.717) is 47.8 Å². The quantitative estimate of drug-likeness (QED) is 0.533. The number of ether oxygens (including phenoxy) is 1. The Morgan fingerprint density at radius 1 is 1.03 bits per heavy atom. The van der Waals surface area contributed by atoms with Gasteiger partial charge in [0.05, 0.1) is 12.8 Å². The number of methoxy groups -OCH3 is 1. The first kappa shape index (κ1) is 23.2. The van der Waals surface area contributed by atoms with Crippen molar-refractivity contribution in [3.63, 3.8) is 0 Å².